The molecule has 2 nitrogen and oxygen atoms in total. The van der Waals surface area contributed by atoms with Gasteiger partial charge >= 0.3 is 0 Å². The number of hydrogen-bond donors (Lipinski definition) is 0. The molecule has 0 aliphatic heterocycles. The van der Waals surface area contributed by atoms with Gasteiger partial charge in [-0.3, -0.25) is 0 Å². The zero-order chi connectivity index (χ0) is 40.3. The fraction of sp³-hybridized carbons (Fsp3) is 0.0169. The highest BCUT2D eigenvalue weighted by Gasteiger charge is 2.46. The van der Waals surface area contributed by atoms with Crippen LogP contribution in [0.4, 0.5) is 17.1 Å². The summed E-state index contributed by atoms with van der Waals surface area (Å²) in [5, 5.41) is 4.63. The number of hydrogen-bond acceptors (Lipinski definition) is 2. The van der Waals surface area contributed by atoms with E-state index in [4.69, 9.17) is 4.42 Å². The minimum atomic E-state index is -0.542. The predicted molar refractivity (Wildman–Crippen MR) is 254 cm³/mol. The summed E-state index contributed by atoms with van der Waals surface area (Å²) in [4.78, 5) is 2.44. The summed E-state index contributed by atoms with van der Waals surface area (Å²) in [5.74, 6) is 0. The fourth-order valence-corrected chi connectivity index (χ4v) is 10.0. The van der Waals surface area contributed by atoms with Crippen molar-refractivity contribution in [2.24, 2.45) is 0 Å². The third kappa shape index (κ3) is 5.50. The van der Waals surface area contributed by atoms with Gasteiger partial charge in [-0.05, 0) is 97.2 Å². The van der Waals surface area contributed by atoms with Crippen molar-refractivity contribution in [1.29, 1.82) is 0 Å². The van der Waals surface area contributed by atoms with Crippen LogP contribution in [0.1, 0.15) is 22.3 Å². The molecule has 0 bridgehead atoms. The first-order valence-electron chi connectivity index (χ1n) is 21.0. The van der Waals surface area contributed by atoms with Crippen LogP contribution in [0.5, 0.6) is 0 Å². The summed E-state index contributed by atoms with van der Waals surface area (Å²) in [6.07, 6.45) is 0. The minimum absolute atomic E-state index is 0.542. The number of anilines is 3. The van der Waals surface area contributed by atoms with E-state index in [-0.39, 0.29) is 0 Å². The SMILES string of the molecule is c1ccc(-c2ccc(N(c3ccc4c(c3)C(c3ccccc3)(c3ccccc3)c3ccccc3-4)c3cc4oc5ccc6ccccc6c5c4cc3-c3ccccc3)cc2)cc1. The maximum atomic E-state index is 6.83. The van der Waals surface area contributed by atoms with E-state index in [9.17, 15) is 0 Å². The van der Waals surface area contributed by atoms with Gasteiger partial charge in [0.1, 0.15) is 11.2 Å². The second-order valence-corrected chi connectivity index (χ2v) is 16.0. The molecule has 61 heavy (non-hydrogen) atoms. The topological polar surface area (TPSA) is 16.4 Å². The second-order valence-electron chi connectivity index (χ2n) is 16.0. The zero-order valence-electron chi connectivity index (χ0n) is 33.4. The van der Waals surface area contributed by atoms with Gasteiger partial charge < -0.3 is 9.32 Å². The molecule has 286 valence electrons. The molecule has 0 saturated carbocycles. The molecule has 0 N–H and O–H groups in total. The maximum absolute atomic E-state index is 6.83. The molecular formula is C59H39NO. The van der Waals surface area contributed by atoms with Crippen molar-refractivity contribution in [3.63, 3.8) is 0 Å². The molecule has 0 unspecified atom stereocenters. The third-order valence-electron chi connectivity index (χ3n) is 12.7. The second kappa shape index (κ2) is 14.1. The van der Waals surface area contributed by atoms with Crippen LogP contribution >= 0.6 is 0 Å². The molecule has 1 aromatic heterocycles. The molecule has 0 spiro atoms. The van der Waals surface area contributed by atoms with Crippen LogP contribution < -0.4 is 4.90 Å². The molecule has 1 aliphatic rings. The summed E-state index contributed by atoms with van der Waals surface area (Å²) in [6.45, 7) is 0. The lowest BCUT2D eigenvalue weighted by Gasteiger charge is -2.35. The fourth-order valence-electron chi connectivity index (χ4n) is 10.0. The van der Waals surface area contributed by atoms with Gasteiger partial charge in [-0.25, -0.2) is 0 Å². The Morgan fingerprint density at radius 3 is 1.64 bits per heavy atom. The van der Waals surface area contributed by atoms with Gasteiger partial charge in [-0.15, -0.1) is 0 Å². The third-order valence-corrected chi connectivity index (χ3v) is 12.7. The summed E-state index contributed by atoms with van der Waals surface area (Å²) < 4.78 is 6.83. The van der Waals surface area contributed by atoms with E-state index in [1.165, 1.54) is 55.3 Å². The first kappa shape index (κ1) is 35.0. The van der Waals surface area contributed by atoms with Gasteiger partial charge in [-0.1, -0.05) is 194 Å². The van der Waals surface area contributed by atoms with Crippen LogP contribution in [-0.4, -0.2) is 0 Å². The highest BCUT2D eigenvalue weighted by atomic mass is 16.3. The Hall–Kier alpha value is -7.94. The van der Waals surface area contributed by atoms with Gasteiger partial charge in [0.25, 0.3) is 0 Å². The Kier molecular flexibility index (Phi) is 8.11. The highest BCUT2D eigenvalue weighted by molar-refractivity contribution is 6.20. The number of fused-ring (bicyclic) bond motifs is 8. The lowest BCUT2D eigenvalue weighted by Crippen LogP contribution is -2.28. The van der Waals surface area contributed by atoms with Crippen molar-refractivity contribution in [1.82, 2.24) is 0 Å². The van der Waals surface area contributed by atoms with Gasteiger partial charge in [0, 0.05) is 33.8 Å². The summed E-state index contributed by atoms with van der Waals surface area (Å²) >= 11 is 0. The number of furan rings is 1. The van der Waals surface area contributed by atoms with Crippen LogP contribution in [-0.2, 0) is 5.41 Å². The van der Waals surface area contributed by atoms with E-state index >= 15 is 0 Å². The van der Waals surface area contributed by atoms with Crippen molar-refractivity contribution < 1.29 is 4.42 Å². The highest BCUT2D eigenvalue weighted by Crippen LogP contribution is 2.57. The summed E-state index contributed by atoms with van der Waals surface area (Å²) in [5.41, 5.74) is 16.5. The Labute approximate surface area is 355 Å². The average molecular weight is 778 g/mol. The summed E-state index contributed by atoms with van der Waals surface area (Å²) in [7, 11) is 0. The molecule has 12 rings (SSSR count). The molecular weight excluding hydrogens is 739 g/mol. The largest absolute Gasteiger partial charge is 0.456 e. The minimum Gasteiger partial charge on any atom is -0.456 e. The van der Waals surface area contributed by atoms with Crippen molar-refractivity contribution >= 4 is 49.8 Å². The molecule has 0 fully saturated rings. The first-order valence-corrected chi connectivity index (χ1v) is 21.0. The van der Waals surface area contributed by atoms with Crippen molar-refractivity contribution in [2.45, 2.75) is 5.41 Å². The normalized spacial score (nSPS) is 12.7. The molecule has 10 aromatic carbocycles. The smallest absolute Gasteiger partial charge is 0.137 e. The maximum Gasteiger partial charge on any atom is 0.137 e. The number of rotatable bonds is 7. The van der Waals surface area contributed by atoms with Crippen molar-refractivity contribution in [2.75, 3.05) is 4.90 Å². The van der Waals surface area contributed by atoms with Crippen molar-refractivity contribution in [3.8, 4) is 33.4 Å². The van der Waals surface area contributed by atoms with E-state index in [2.05, 4.69) is 241 Å². The van der Waals surface area contributed by atoms with Crippen LogP contribution in [0.2, 0.25) is 0 Å². The molecule has 1 aliphatic carbocycles. The predicted octanol–water partition coefficient (Wildman–Crippen LogP) is 15.9. The van der Waals surface area contributed by atoms with Crippen LogP contribution in [0, 0.1) is 0 Å². The van der Waals surface area contributed by atoms with Gasteiger partial charge in [-0.2, -0.15) is 0 Å². The molecule has 0 amide bonds. The van der Waals surface area contributed by atoms with E-state index in [0.29, 0.717) is 0 Å². The zero-order valence-corrected chi connectivity index (χ0v) is 33.4. The van der Waals surface area contributed by atoms with Crippen molar-refractivity contribution in [3.05, 3.63) is 259 Å². The average Bonchev–Trinajstić information content (AvgIpc) is 3.86. The number of benzene rings is 10. The van der Waals surface area contributed by atoms with E-state index in [0.717, 1.165) is 50.1 Å². The van der Waals surface area contributed by atoms with E-state index in [1.807, 2.05) is 0 Å². The summed E-state index contributed by atoms with van der Waals surface area (Å²) in [6, 6.07) is 86.0. The number of nitrogens with zero attached hydrogens (tertiary/aromatic N) is 1. The quantitative estimate of drug-likeness (QED) is 0.160. The first-order chi connectivity index (χ1) is 30.3. The lowest BCUT2D eigenvalue weighted by molar-refractivity contribution is 0.669. The molecule has 11 aromatic rings. The van der Waals surface area contributed by atoms with E-state index in [1.54, 1.807) is 0 Å². The Morgan fingerprint density at radius 1 is 0.344 bits per heavy atom. The standard InChI is InChI=1S/C59H39NO/c1-5-17-40(18-6-1)41-29-32-46(33-30-41)60(55-39-57-52(38-51(55)42-19-7-2-8-20-42)58-48-26-14-13-21-43(48)31-36-56(58)61-57)47-34-35-50-49-27-15-16-28-53(49)59(54(50)37-47,44-22-9-3-10-23-44)45-24-11-4-12-25-45/h1-39H. The molecule has 0 saturated heterocycles. The Balaban J connectivity index is 1.16. The van der Waals surface area contributed by atoms with Crippen LogP contribution in [0.25, 0.3) is 66.1 Å². The monoisotopic (exact) mass is 777 g/mol. The van der Waals surface area contributed by atoms with Crippen LogP contribution in [0.15, 0.2) is 241 Å². The molecule has 1 heterocycles. The lowest BCUT2D eigenvalue weighted by atomic mass is 9.67. The van der Waals surface area contributed by atoms with Gasteiger partial charge in [0.2, 0.25) is 0 Å². The molecule has 0 atom stereocenters. The van der Waals surface area contributed by atoms with Gasteiger partial charge in [0.05, 0.1) is 11.1 Å². The Bertz CT molecular complexity index is 3350. The Morgan fingerprint density at radius 2 is 0.918 bits per heavy atom. The van der Waals surface area contributed by atoms with Gasteiger partial charge in [0.15, 0.2) is 0 Å². The molecule has 0 radical (unpaired) electrons. The molecule has 2 heteroatoms. The van der Waals surface area contributed by atoms with Crippen LogP contribution in [0.3, 0.4) is 0 Å². The van der Waals surface area contributed by atoms with E-state index < -0.39 is 5.41 Å².